The number of hydrogen-bond acceptors (Lipinski definition) is 2. The van der Waals surface area contributed by atoms with Crippen molar-refractivity contribution in [3.63, 3.8) is 0 Å². The maximum Gasteiger partial charge on any atom is 0.307 e. The van der Waals surface area contributed by atoms with E-state index in [0.717, 1.165) is 13.1 Å². The molecule has 0 aromatic heterocycles. The summed E-state index contributed by atoms with van der Waals surface area (Å²) in [6.07, 6.45) is 0. The van der Waals surface area contributed by atoms with Crippen LogP contribution in [0.15, 0.2) is 0 Å². The van der Waals surface area contributed by atoms with E-state index in [2.05, 4.69) is 5.32 Å². The van der Waals surface area contributed by atoms with E-state index in [1.54, 1.807) is 0 Å². The molecular weight excluding hydrogens is 142 g/mol. The minimum atomic E-state index is -0.647. The van der Waals surface area contributed by atoms with Crippen molar-refractivity contribution in [1.82, 2.24) is 5.32 Å². The fourth-order valence-electron chi connectivity index (χ4n) is 1.60. The maximum absolute atomic E-state index is 10.7. The van der Waals surface area contributed by atoms with E-state index >= 15 is 0 Å². The van der Waals surface area contributed by atoms with E-state index in [4.69, 9.17) is 5.11 Å². The average Bonchev–Trinajstić information content (AvgIpc) is 1.75. The molecule has 1 saturated heterocycles. The smallest absolute Gasteiger partial charge is 0.307 e. The van der Waals surface area contributed by atoms with Crippen LogP contribution in [0.2, 0.25) is 0 Å². The molecular formula is C8H15NO2. The van der Waals surface area contributed by atoms with Crippen molar-refractivity contribution in [3.05, 3.63) is 0 Å². The van der Waals surface area contributed by atoms with E-state index < -0.39 is 5.97 Å². The lowest BCUT2D eigenvalue weighted by Crippen LogP contribution is -2.49. The molecule has 1 fully saturated rings. The van der Waals surface area contributed by atoms with E-state index in [1.807, 2.05) is 13.8 Å². The second-order valence-electron chi connectivity index (χ2n) is 3.53. The van der Waals surface area contributed by atoms with Crippen molar-refractivity contribution in [3.8, 4) is 0 Å². The van der Waals surface area contributed by atoms with Crippen LogP contribution in [0.4, 0.5) is 0 Å². The summed E-state index contributed by atoms with van der Waals surface area (Å²) >= 11 is 0. The van der Waals surface area contributed by atoms with Gasteiger partial charge in [-0.1, -0.05) is 13.8 Å². The lowest BCUT2D eigenvalue weighted by molar-refractivity contribution is -0.146. The number of nitrogens with one attached hydrogen (secondary N) is 1. The highest BCUT2D eigenvalue weighted by Crippen LogP contribution is 2.24. The monoisotopic (exact) mass is 157 g/mol. The Morgan fingerprint density at radius 3 is 2.18 bits per heavy atom. The molecule has 1 aliphatic heterocycles. The summed E-state index contributed by atoms with van der Waals surface area (Å²) in [6, 6.07) is 0. The Morgan fingerprint density at radius 1 is 1.55 bits per heavy atom. The molecule has 0 aliphatic carbocycles. The molecule has 0 spiro atoms. The van der Waals surface area contributed by atoms with Gasteiger partial charge in [0, 0.05) is 13.1 Å². The van der Waals surface area contributed by atoms with Gasteiger partial charge in [-0.2, -0.15) is 0 Å². The Labute approximate surface area is 66.8 Å². The summed E-state index contributed by atoms with van der Waals surface area (Å²) in [5, 5.41) is 11.9. The van der Waals surface area contributed by atoms with E-state index in [-0.39, 0.29) is 11.8 Å². The van der Waals surface area contributed by atoms with Crippen LogP contribution in [0.5, 0.6) is 0 Å². The van der Waals surface area contributed by atoms with Gasteiger partial charge < -0.3 is 10.4 Å². The molecule has 3 nitrogen and oxygen atoms in total. The van der Waals surface area contributed by atoms with E-state index in [1.165, 1.54) is 0 Å². The summed E-state index contributed by atoms with van der Waals surface area (Å²) in [6.45, 7) is 5.68. The quantitative estimate of drug-likeness (QED) is 0.629. The van der Waals surface area contributed by atoms with Gasteiger partial charge in [0.05, 0.1) is 5.92 Å². The zero-order valence-corrected chi connectivity index (χ0v) is 7.00. The van der Waals surface area contributed by atoms with Crippen LogP contribution in [-0.2, 0) is 4.79 Å². The number of hydrogen-bond donors (Lipinski definition) is 2. The van der Waals surface area contributed by atoms with Gasteiger partial charge in [-0.15, -0.1) is 0 Å². The highest BCUT2D eigenvalue weighted by Gasteiger charge is 2.34. The number of aliphatic carboxylic acids is 1. The third kappa shape index (κ3) is 1.71. The Morgan fingerprint density at radius 2 is 2.09 bits per heavy atom. The summed E-state index contributed by atoms with van der Waals surface area (Å²) in [5.41, 5.74) is 0. The fraction of sp³-hybridized carbons (Fsp3) is 0.875. The molecule has 0 aromatic carbocycles. The topological polar surface area (TPSA) is 49.3 Å². The van der Waals surface area contributed by atoms with Crippen molar-refractivity contribution >= 4 is 5.97 Å². The predicted octanol–water partition coefficient (Wildman–Crippen LogP) is 0.563. The van der Waals surface area contributed by atoms with Gasteiger partial charge in [0.1, 0.15) is 0 Å². The Hall–Kier alpha value is -0.570. The first-order chi connectivity index (χ1) is 5.13. The van der Waals surface area contributed by atoms with Crippen molar-refractivity contribution in [2.45, 2.75) is 13.8 Å². The van der Waals surface area contributed by atoms with Crippen molar-refractivity contribution in [1.29, 1.82) is 0 Å². The molecule has 0 aromatic rings. The fourth-order valence-corrected chi connectivity index (χ4v) is 1.60. The van der Waals surface area contributed by atoms with Gasteiger partial charge >= 0.3 is 5.97 Å². The van der Waals surface area contributed by atoms with Crippen LogP contribution in [0.25, 0.3) is 0 Å². The summed E-state index contributed by atoms with van der Waals surface area (Å²) in [4.78, 5) is 10.7. The number of carbonyl (C=O) groups is 1. The zero-order valence-electron chi connectivity index (χ0n) is 7.00. The normalized spacial score (nSPS) is 21.4. The van der Waals surface area contributed by atoms with Crippen molar-refractivity contribution in [2.75, 3.05) is 13.1 Å². The van der Waals surface area contributed by atoms with Gasteiger partial charge in [-0.25, -0.2) is 0 Å². The SMILES string of the molecule is CC(C)C(C(=O)O)C1CNC1. The first kappa shape index (κ1) is 8.53. The molecule has 3 heteroatoms. The summed E-state index contributed by atoms with van der Waals surface area (Å²) in [5.74, 6) is -0.199. The third-order valence-corrected chi connectivity index (χ3v) is 2.32. The molecule has 1 atom stereocenters. The van der Waals surface area contributed by atoms with Crippen LogP contribution in [0.3, 0.4) is 0 Å². The molecule has 1 rings (SSSR count). The maximum atomic E-state index is 10.7. The molecule has 1 aliphatic rings. The second-order valence-corrected chi connectivity index (χ2v) is 3.53. The van der Waals surface area contributed by atoms with Crippen molar-refractivity contribution in [2.24, 2.45) is 17.8 Å². The van der Waals surface area contributed by atoms with Gasteiger partial charge in [0.2, 0.25) is 0 Å². The van der Waals surface area contributed by atoms with Gasteiger partial charge in [-0.3, -0.25) is 4.79 Å². The lowest BCUT2D eigenvalue weighted by atomic mass is 9.80. The van der Waals surface area contributed by atoms with Gasteiger partial charge in [0.25, 0.3) is 0 Å². The molecule has 0 radical (unpaired) electrons. The molecule has 1 heterocycles. The number of carboxylic acid groups (broad SMARTS) is 1. The minimum absolute atomic E-state index is 0.156. The van der Waals surface area contributed by atoms with Crippen LogP contribution < -0.4 is 5.32 Å². The summed E-state index contributed by atoms with van der Waals surface area (Å²) < 4.78 is 0. The molecule has 0 amide bonds. The van der Waals surface area contributed by atoms with E-state index in [0.29, 0.717) is 5.92 Å². The van der Waals surface area contributed by atoms with Gasteiger partial charge in [0.15, 0.2) is 0 Å². The molecule has 1 unspecified atom stereocenters. The average molecular weight is 157 g/mol. The first-order valence-corrected chi connectivity index (χ1v) is 4.06. The molecule has 11 heavy (non-hydrogen) atoms. The third-order valence-electron chi connectivity index (χ3n) is 2.32. The van der Waals surface area contributed by atoms with Crippen LogP contribution in [0.1, 0.15) is 13.8 Å². The largest absolute Gasteiger partial charge is 0.481 e. The first-order valence-electron chi connectivity index (χ1n) is 4.06. The van der Waals surface area contributed by atoms with Crippen LogP contribution in [-0.4, -0.2) is 24.2 Å². The number of rotatable bonds is 3. The molecule has 64 valence electrons. The minimum Gasteiger partial charge on any atom is -0.481 e. The lowest BCUT2D eigenvalue weighted by Gasteiger charge is -2.34. The van der Waals surface area contributed by atoms with E-state index in [9.17, 15) is 4.79 Å². The Bertz CT molecular complexity index is 152. The Kier molecular flexibility index (Phi) is 2.49. The molecule has 0 bridgehead atoms. The Balaban J connectivity index is 2.51. The van der Waals surface area contributed by atoms with Crippen LogP contribution >= 0.6 is 0 Å². The number of carboxylic acids is 1. The highest BCUT2D eigenvalue weighted by atomic mass is 16.4. The molecule has 0 saturated carbocycles. The molecule has 2 N–H and O–H groups in total. The zero-order chi connectivity index (χ0) is 8.43. The van der Waals surface area contributed by atoms with Gasteiger partial charge in [-0.05, 0) is 11.8 Å². The summed E-state index contributed by atoms with van der Waals surface area (Å²) in [7, 11) is 0. The highest BCUT2D eigenvalue weighted by molar-refractivity contribution is 5.70. The second kappa shape index (κ2) is 3.22. The van der Waals surface area contributed by atoms with Crippen molar-refractivity contribution < 1.29 is 9.90 Å². The predicted molar refractivity (Wildman–Crippen MR) is 42.3 cm³/mol. The van der Waals surface area contributed by atoms with Crippen LogP contribution in [0, 0.1) is 17.8 Å². The standard InChI is InChI=1S/C8H15NO2/c1-5(2)7(8(10)11)6-3-9-4-6/h5-7,9H,3-4H2,1-2H3,(H,10,11).